The molecule has 0 aliphatic carbocycles. The first kappa shape index (κ1) is 17.0. The number of benzene rings is 1. The molecule has 0 unspecified atom stereocenters. The predicted octanol–water partition coefficient (Wildman–Crippen LogP) is 4.09. The fourth-order valence-corrected chi connectivity index (χ4v) is 2.92. The molecule has 25 heavy (non-hydrogen) atoms. The number of hydrogen-bond acceptors (Lipinski definition) is 4. The molecule has 5 nitrogen and oxygen atoms in total. The van der Waals surface area contributed by atoms with Gasteiger partial charge in [0.25, 0.3) is 0 Å². The zero-order valence-corrected chi connectivity index (χ0v) is 14.5. The van der Waals surface area contributed by atoms with Crippen molar-refractivity contribution in [2.45, 2.75) is 13.0 Å². The molecule has 0 saturated heterocycles. The van der Waals surface area contributed by atoms with Gasteiger partial charge in [0, 0.05) is 35.1 Å². The van der Waals surface area contributed by atoms with Crippen LogP contribution in [0.1, 0.15) is 10.4 Å². The number of aromatic nitrogens is 1. The first-order valence-corrected chi connectivity index (χ1v) is 8.86. The van der Waals surface area contributed by atoms with Gasteiger partial charge in [-0.05, 0) is 48.2 Å². The van der Waals surface area contributed by atoms with E-state index in [4.69, 9.17) is 4.74 Å². The fourth-order valence-electron chi connectivity index (χ4n) is 2.21. The standard InChI is InChI=1S/C19H19N3O2S/c23-19(21-11-9-18-4-2-12-25-18)22-16-5-7-17(8-6-16)24-14-15-3-1-10-20-13-15/h1-8,10,12-13H,9,11,14H2,(H2,21,22,23). The van der Waals surface area contributed by atoms with Crippen molar-refractivity contribution in [1.29, 1.82) is 0 Å². The van der Waals surface area contributed by atoms with Crippen molar-refractivity contribution >= 4 is 23.1 Å². The Morgan fingerprint density at radius 2 is 2.00 bits per heavy atom. The highest BCUT2D eigenvalue weighted by atomic mass is 32.1. The number of pyridine rings is 1. The summed E-state index contributed by atoms with van der Waals surface area (Å²) in [5.41, 5.74) is 1.73. The Morgan fingerprint density at radius 3 is 2.72 bits per heavy atom. The van der Waals surface area contributed by atoms with Gasteiger partial charge in [0.05, 0.1) is 0 Å². The molecule has 0 fully saturated rings. The Morgan fingerprint density at radius 1 is 1.12 bits per heavy atom. The molecule has 0 aliphatic heterocycles. The Hall–Kier alpha value is -2.86. The second-order valence-corrected chi connectivity index (χ2v) is 6.42. The number of nitrogens with zero attached hydrogens (tertiary/aromatic N) is 1. The van der Waals surface area contributed by atoms with Gasteiger partial charge in [-0.15, -0.1) is 11.3 Å². The summed E-state index contributed by atoms with van der Waals surface area (Å²) in [5.74, 6) is 0.743. The third-order valence-corrected chi connectivity index (χ3v) is 4.41. The van der Waals surface area contributed by atoms with Crippen LogP contribution in [0.3, 0.4) is 0 Å². The van der Waals surface area contributed by atoms with Gasteiger partial charge >= 0.3 is 6.03 Å². The maximum absolute atomic E-state index is 11.9. The monoisotopic (exact) mass is 353 g/mol. The summed E-state index contributed by atoms with van der Waals surface area (Å²) in [7, 11) is 0. The lowest BCUT2D eigenvalue weighted by atomic mass is 10.3. The fraction of sp³-hybridized carbons (Fsp3) is 0.158. The van der Waals surface area contributed by atoms with Gasteiger partial charge in [0.1, 0.15) is 12.4 Å². The Labute approximate surface area is 150 Å². The molecule has 2 aromatic heterocycles. The van der Waals surface area contributed by atoms with Gasteiger partial charge in [0.2, 0.25) is 0 Å². The van der Waals surface area contributed by atoms with Gasteiger partial charge in [0.15, 0.2) is 0 Å². The number of urea groups is 1. The summed E-state index contributed by atoms with van der Waals surface area (Å²) >= 11 is 1.69. The van der Waals surface area contributed by atoms with Crippen LogP contribution in [0.15, 0.2) is 66.3 Å². The van der Waals surface area contributed by atoms with E-state index in [1.807, 2.05) is 47.8 Å². The molecule has 1 aromatic carbocycles. The van der Waals surface area contributed by atoms with Crippen LogP contribution in [0.4, 0.5) is 10.5 Å². The molecule has 0 saturated carbocycles. The minimum Gasteiger partial charge on any atom is -0.489 e. The number of anilines is 1. The summed E-state index contributed by atoms with van der Waals surface area (Å²) < 4.78 is 5.69. The number of amides is 2. The Bertz CT molecular complexity index is 774. The third-order valence-electron chi connectivity index (χ3n) is 3.48. The van der Waals surface area contributed by atoms with Crippen LogP contribution in [-0.4, -0.2) is 17.6 Å². The highest BCUT2D eigenvalue weighted by Crippen LogP contribution is 2.17. The average Bonchev–Trinajstić information content (AvgIpc) is 3.15. The van der Waals surface area contributed by atoms with E-state index in [1.54, 1.807) is 23.7 Å². The minimum atomic E-state index is -0.208. The Balaban J connectivity index is 1.41. The molecule has 2 amide bonds. The van der Waals surface area contributed by atoms with Crippen molar-refractivity contribution in [3.8, 4) is 5.75 Å². The number of thiophene rings is 1. The molecule has 6 heteroatoms. The molecular weight excluding hydrogens is 334 g/mol. The van der Waals surface area contributed by atoms with E-state index in [-0.39, 0.29) is 6.03 Å². The topological polar surface area (TPSA) is 63.2 Å². The van der Waals surface area contributed by atoms with E-state index in [0.717, 1.165) is 23.4 Å². The third kappa shape index (κ3) is 5.61. The number of rotatable bonds is 7. The van der Waals surface area contributed by atoms with Crippen molar-refractivity contribution in [2.24, 2.45) is 0 Å². The number of nitrogens with one attached hydrogen (secondary N) is 2. The van der Waals surface area contributed by atoms with Crippen LogP contribution in [0.5, 0.6) is 5.75 Å². The molecule has 128 valence electrons. The normalized spacial score (nSPS) is 10.2. The van der Waals surface area contributed by atoms with Crippen LogP contribution in [0.25, 0.3) is 0 Å². The predicted molar refractivity (Wildman–Crippen MR) is 100 cm³/mol. The number of ether oxygens (including phenoxy) is 1. The van der Waals surface area contributed by atoms with E-state index >= 15 is 0 Å². The molecule has 3 rings (SSSR count). The van der Waals surface area contributed by atoms with Crippen LogP contribution in [0, 0.1) is 0 Å². The van der Waals surface area contributed by atoms with E-state index in [2.05, 4.69) is 21.7 Å². The van der Waals surface area contributed by atoms with Crippen LogP contribution < -0.4 is 15.4 Å². The van der Waals surface area contributed by atoms with E-state index in [9.17, 15) is 4.79 Å². The summed E-state index contributed by atoms with van der Waals surface area (Å²) in [5, 5.41) is 7.69. The highest BCUT2D eigenvalue weighted by molar-refractivity contribution is 7.09. The van der Waals surface area contributed by atoms with E-state index in [1.165, 1.54) is 4.88 Å². The number of hydrogen-bond donors (Lipinski definition) is 2. The summed E-state index contributed by atoms with van der Waals surface area (Å²) in [4.78, 5) is 17.2. The minimum absolute atomic E-state index is 0.208. The van der Waals surface area contributed by atoms with Crippen molar-refractivity contribution in [3.63, 3.8) is 0 Å². The van der Waals surface area contributed by atoms with Crippen LogP contribution >= 0.6 is 11.3 Å². The first-order chi connectivity index (χ1) is 12.3. The second-order valence-electron chi connectivity index (χ2n) is 5.38. The van der Waals surface area contributed by atoms with Gasteiger partial charge in [-0.25, -0.2) is 4.79 Å². The molecule has 0 bridgehead atoms. The largest absolute Gasteiger partial charge is 0.489 e. The lowest BCUT2D eigenvalue weighted by Crippen LogP contribution is -2.30. The number of carbonyl (C=O) groups is 1. The van der Waals surface area contributed by atoms with Gasteiger partial charge in [-0.1, -0.05) is 12.1 Å². The van der Waals surface area contributed by atoms with Gasteiger partial charge in [-0.2, -0.15) is 0 Å². The summed E-state index contributed by atoms with van der Waals surface area (Å²) in [6, 6.07) is 15.0. The van der Waals surface area contributed by atoms with E-state index < -0.39 is 0 Å². The lowest BCUT2D eigenvalue weighted by Gasteiger charge is -2.09. The molecule has 0 spiro atoms. The van der Waals surface area contributed by atoms with Crippen molar-refractivity contribution in [1.82, 2.24) is 10.3 Å². The second kappa shape index (κ2) is 8.84. The van der Waals surface area contributed by atoms with Crippen molar-refractivity contribution in [2.75, 3.05) is 11.9 Å². The molecule has 2 heterocycles. The molecule has 3 aromatic rings. The molecule has 0 radical (unpaired) electrons. The smallest absolute Gasteiger partial charge is 0.319 e. The van der Waals surface area contributed by atoms with E-state index in [0.29, 0.717) is 13.2 Å². The molecule has 2 N–H and O–H groups in total. The van der Waals surface area contributed by atoms with Gasteiger partial charge < -0.3 is 15.4 Å². The zero-order valence-electron chi connectivity index (χ0n) is 13.6. The summed E-state index contributed by atoms with van der Waals surface area (Å²) in [6.07, 6.45) is 4.35. The first-order valence-electron chi connectivity index (χ1n) is 7.98. The average molecular weight is 353 g/mol. The highest BCUT2D eigenvalue weighted by Gasteiger charge is 2.02. The van der Waals surface area contributed by atoms with Gasteiger partial charge in [-0.3, -0.25) is 4.98 Å². The zero-order chi connectivity index (χ0) is 17.3. The summed E-state index contributed by atoms with van der Waals surface area (Å²) in [6.45, 7) is 1.07. The maximum atomic E-state index is 11.9. The SMILES string of the molecule is O=C(NCCc1cccs1)Nc1ccc(OCc2cccnc2)cc1. The van der Waals surface area contributed by atoms with Crippen molar-refractivity contribution in [3.05, 3.63) is 76.7 Å². The maximum Gasteiger partial charge on any atom is 0.319 e. The molecule has 0 atom stereocenters. The molecule has 0 aliphatic rings. The quantitative estimate of drug-likeness (QED) is 0.672. The van der Waals surface area contributed by atoms with Crippen LogP contribution in [0.2, 0.25) is 0 Å². The van der Waals surface area contributed by atoms with Crippen LogP contribution in [-0.2, 0) is 13.0 Å². The van der Waals surface area contributed by atoms with Crippen molar-refractivity contribution < 1.29 is 9.53 Å². The number of carbonyl (C=O) groups excluding carboxylic acids is 1. The molecular formula is C19H19N3O2S. The Kier molecular flexibility index (Phi) is 6.01. The lowest BCUT2D eigenvalue weighted by molar-refractivity contribution is 0.252.